The molecule has 0 spiro atoms. The van der Waals surface area contributed by atoms with Crippen molar-refractivity contribution in [3.05, 3.63) is 58.7 Å². The maximum atomic E-state index is 10.0. The number of hydrogen-bond donors (Lipinski definition) is 2. The third kappa shape index (κ3) is 2.05. The van der Waals surface area contributed by atoms with E-state index in [2.05, 4.69) is 24.3 Å². The molecule has 3 aliphatic rings. The Labute approximate surface area is 155 Å². The fourth-order valence-corrected chi connectivity index (χ4v) is 6.85. The standard InChI is InChI=1S/C24H28O2/c1-15-10-18(5-7-21(15)25)23-12-17-4-3-9-24(14-23,20(17)13-23)19-6-8-22(26)16(2)11-19/h5-8,10-11,17,20,25-26H,3-4,9,12-14H2,1-2H3. The van der Waals surface area contributed by atoms with Crippen molar-refractivity contribution in [2.45, 2.75) is 63.2 Å². The molecule has 3 fully saturated rings. The predicted octanol–water partition coefficient (Wildman–Crippen LogP) is 5.50. The second kappa shape index (κ2) is 5.28. The molecule has 2 nitrogen and oxygen atoms in total. The Bertz CT molecular complexity index is 886. The van der Waals surface area contributed by atoms with E-state index in [1.807, 2.05) is 26.0 Å². The fraction of sp³-hybridized carbons (Fsp3) is 0.500. The summed E-state index contributed by atoms with van der Waals surface area (Å²) in [6, 6.07) is 12.6. The minimum absolute atomic E-state index is 0.264. The average molecular weight is 348 g/mol. The summed E-state index contributed by atoms with van der Waals surface area (Å²) >= 11 is 0. The number of aromatic hydroxyl groups is 2. The average Bonchev–Trinajstić information content (AvgIpc) is 3.16. The van der Waals surface area contributed by atoms with Gasteiger partial charge in [-0.1, -0.05) is 37.1 Å². The van der Waals surface area contributed by atoms with Gasteiger partial charge in [-0.05, 0) is 96.6 Å². The van der Waals surface area contributed by atoms with Gasteiger partial charge in [-0.3, -0.25) is 0 Å². The van der Waals surface area contributed by atoms with Crippen LogP contribution in [0.15, 0.2) is 36.4 Å². The lowest BCUT2D eigenvalue weighted by atomic mass is 9.55. The van der Waals surface area contributed by atoms with Crippen LogP contribution < -0.4 is 0 Å². The number of hydrogen-bond acceptors (Lipinski definition) is 2. The zero-order valence-electron chi connectivity index (χ0n) is 15.8. The van der Waals surface area contributed by atoms with Crippen molar-refractivity contribution in [3.63, 3.8) is 0 Å². The molecule has 2 aromatic carbocycles. The Morgan fingerprint density at radius 2 is 1.54 bits per heavy atom. The van der Waals surface area contributed by atoms with E-state index in [4.69, 9.17) is 0 Å². The minimum Gasteiger partial charge on any atom is -0.508 e. The molecule has 0 aromatic heterocycles. The maximum absolute atomic E-state index is 10.0. The summed E-state index contributed by atoms with van der Waals surface area (Å²) in [7, 11) is 0. The van der Waals surface area contributed by atoms with E-state index in [1.54, 1.807) is 0 Å². The first-order valence-electron chi connectivity index (χ1n) is 10.0. The van der Waals surface area contributed by atoms with Crippen molar-refractivity contribution in [1.29, 1.82) is 0 Å². The second-order valence-corrected chi connectivity index (χ2v) is 9.28. The third-order valence-corrected chi connectivity index (χ3v) is 7.97. The lowest BCUT2D eigenvalue weighted by molar-refractivity contribution is 0.114. The van der Waals surface area contributed by atoms with Gasteiger partial charge in [0, 0.05) is 0 Å². The molecule has 2 N–H and O–H groups in total. The molecule has 5 rings (SSSR count). The van der Waals surface area contributed by atoms with Gasteiger partial charge in [-0.2, -0.15) is 0 Å². The summed E-state index contributed by atoms with van der Waals surface area (Å²) in [4.78, 5) is 0. The SMILES string of the molecule is Cc1cc(C23CC4CCCC(c5ccc(O)c(C)c5)(C2)C4C3)ccc1O. The Kier molecular flexibility index (Phi) is 3.30. The van der Waals surface area contributed by atoms with Gasteiger partial charge in [-0.25, -0.2) is 0 Å². The van der Waals surface area contributed by atoms with Crippen LogP contribution >= 0.6 is 0 Å². The topological polar surface area (TPSA) is 40.5 Å². The summed E-state index contributed by atoms with van der Waals surface area (Å²) < 4.78 is 0. The van der Waals surface area contributed by atoms with Crippen LogP contribution in [0.4, 0.5) is 0 Å². The predicted molar refractivity (Wildman–Crippen MR) is 104 cm³/mol. The molecule has 136 valence electrons. The molecule has 3 saturated carbocycles. The van der Waals surface area contributed by atoms with E-state index >= 15 is 0 Å². The van der Waals surface area contributed by atoms with Crippen molar-refractivity contribution in [3.8, 4) is 11.5 Å². The van der Waals surface area contributed by atoms with Gasteiger partial charge in [0.25, 0.3) is 0 Å². The molecular formula is C24H28O2. The van der Waals surface area contributed by atoms with E-state index in [0.29, 0.717) is 11.5 Å². The van der Waals surface area contributed by atoms with Crippen LogP contribution in [0.1, 0.15) is 60.8 Å². The first kappa shape index (κ1) is 16.2. The molecule has 0 amide bonds. The molecule has 26 heavy (non-hydrogen) atoms. The first-order valence-corrected chi connectivity index (χ1v) is 10.0. The smallest absolute Gasteiger partial charge is 0.118 e. The highest BCUT2D eigenvalue weighted by Gasteiger charge is 2.64. The molecule has 4 unspecified atom stereocenters. The highest BCUT2D eigenvalue weighted by atomic mass is 16.3. The fourth-order valence-electron chi connectivity index (χ4n) is 6.85. The molecule has 2 aromatic rings. The van der Waals surface area contributed by atoms with Crippen LogP contribution in [0.3, 0.4) is 0 Å². The van der Waals surface area contributed by atoms with E-state index in [9.17, 15) is 10.2 Å². The summed E-state index contributed by atoms with van der Waals surface area (Å²) in [5.74, 6) is 2.39. The molecule has 0 aliphatic heterocycles. The van der Waals surface area contributed by atoms with Crippen LogP contribution in [0.5, 0.6) is 11.5 Å². The minimum atomic E-state index is 0.264. The van der Waals surface area contributed by atoms with E-state index in [1.165, 1.54) is 49.7 Å². The lowest BCUT2D eigenvalue weighted by Crippen LogP contribution is -2.43. The van der Waals surface area contributed by atoms with E-state index in [-0.39, 0.29) is 10.8 Å². The van der Waals surface area contributed by atoms with Gasteiger partial charge in [0.05, 0.1) is 0 Å². The van der Waals surface area contributed by atoms with Crippen LogP contribution in [0.25, 0.3) is 0 Å². The van der Waals surface area contributed by atoms with Crippen LogP contribution in [-0.4, -0.2) is 10.2 Å². The van der Waals surface area contributed by atoms with Crippen molar-refractivity contribution < 1.29 is 10.2 Å². The largest absolute Gasteiger partial charge is 0.508 e. The normalized spacial score (nSPS) is 35.0. The van der Waals surface area contributed by atoms with Crippen molar-refractivity contribution in [1.82, 2.24) is 0 Å². The van der Waals surface area contributed by atoms with Gasteiger partial charge in [0.2, 0.25) is 0 Å². The van der Waals surface area contributed by atoms with Crippen molar-refractivity contribution in [2.75, 3.05) is 0 Å². The number of benzene rings is 2. The van der Waals surface area contributed by atoms with Crippen molar-refractivity contribution in [2.24, 2.45) is 11.8 Å². The molecule has 4 atom stereocenters. The summed E-state index contributed by atoms with van der Waals surface area (Å²) in [6.45, 7) is 4.03. The Morgan fingerprint density at radius 3 is 2.23 bits per heavy atom. The Morgan fingerprint density at radius 1 is 0.885 bits per heavy atom. The van der Waals surface area contributed by atoms with Crippen LogP contribution in [0, 0.1) is 25.7 Å². The number of phenolic OH excluding ortho intramolecular Hbond substituents is 2. The number of fused-ring (bicyclic) bond motifs is 1. The molecule has 2 bridgehead atoms. The zero-order valence-corrected chi connectivity index (χ0v) is 15.8. The van der Waals surface area contributed by atoms with Gasteiger partial charge in [-0.15, -0.1) is 0 Å². The summed E-state index contributed by atoms with van der Waals surface area (Å²) in [5, 5.41) is 20.0. The lowest BCUT2D eigenvalue weighted by Gasteiger charge is -2.49. The highest BCUT2D eigenvalue weighted by Crippen LogP contribution is 2.70. The molecular weight excluding hydrogens is 320 g/mol. The highest BCUT2D eigenvalue weighted by molar-refractivity contribution is 5.46. The molecule has 0 radical (unpaired) electrons. The van der Waals surface area contributed by atoms with Crippen LogP contribution in [0.2, 0.25) is 0 Å². The Balaban J connectivity index is 1.62. The van der Waals surface area contributed by atoms with Gasteiger partial charge < -0.3 is 10.2 Å². The number of aryl methyl sites for hydroxylation is 2. The first-order chi connectivity index (χ1) is 12.4. The number of rotatable bonds is 2. The van der Waals surface area contributed by atoms with Gasteiger partial charge >= 0.3 is 0 Å². The number of phenols is 2. The monoisotopic (exact) mass is 348 g/mol. The van der Waals surface area contributed by atoms with E-state index in [0.717, 1.165) is 23.0 Å². The molecule has 0 heterocycles. The van der Waals surface area contributed by atoms with Gasteiger partial charge in [0.15, 0.2) is 0 Å². The van der Waals surface area contributed by atoms with Crippen molar-refractivity contribution >= 4 is 0 Å². The maximum Gasteiger partial charge on any atom is 0.118 e. The molecule has 3 aliphatic carbocycles. The van der Waals surface area contributed by atoms with Crippen LogP contribution in [-0.2, 0) is 10.8 Å². The molecule has 2 heteroatoms. The third-order valence-electron chi connectivity index (χ3n) is 7.97. The summed E-state index contributed by atoms with van der Waals surface area (Å²) in [6.07, 6.45) is 7.77. The van der Waals surface area contributed by atoms with Gasteiger partial charge in [0.1, 0.15) is 11.5 Å². The quantitative estimate of drug-likeness (QED) is 0.752. The molecule has 0 saturated heterocycles. The Hall–Kier alpha value is -1.96. The zero-order chi connectivity index (χ0) is 18.1. The van der Waals surface area contributed by atoms with E-state index < -0.39 is 0 Å². The second-order valence-electron chi connectivity index (χ2n) is 9.28. The summed E-state index contributed by atoms with van der Waals surface area (Å²) in [5.41, 5.74) is 5.40.